The summed E-state index contributed by atoms with van der Waals surface area (Å²) in [7, 11) is 0.622. The van der Waals surface area contributed by atoms with E-state index in [1.54, 1.807) is 18.4 Å². The van der Waals surface area contributed by atoms with Crippen molar-refractivity contribution in [1.82, 2.24) is 5.32 Å². The van der Waals surface area contributed by atoms with Crippen LogP contribution in [-0.4, -0.2) is 29.4 Å². The number of hydrogen-bond donors (Lipinski definition) is 1. The largest absolute Gasteiger partial charge is 0.494 e. The number of hydrogen-bond acceptors (Lipinski definition) is 3. The zero-order chi connectivity index (χ0) is 13.7. The van der Waals surface area contributed by atoms with E-state index in [0.29, 0.717) is 5.75 Å². The van der Waals surface area contributed by atoms with Crippen LogP contribution in [0.5, 0.6) is 5.75 Å². The molecule has 0 saturated heterocycles. The first-order chi connectivity index (χ1) is 8.43. The third-order valence-electron chi connectivity index (χ3n) is 2.69. The molecule has 0 aromatic heterocycles. The fourth-order valence-electron chi connectivity index (χ4n) is 1.87. The quantitative estimate of drug-likeness (QED) is 0.864. The van der Waals surface area contributed by atoms with Gasteiger partial charge in [0, 0.05) is 34.9 Å². The van der Waals surface area contributed by atoms with Crippen LogP contribution in [0.15, 0.2) is 18.2 Å². The number of nitrogens with one attached hydrogen (secondary N) is 1. The summed E-state index contributed by atoms with van der Waals surface area (Å²) in [4.78, 5) is 0. The molecule has 0 aliphatic rings. The predicted molar refractivity (Wildman–Crippen MR) is 72.9 cm³/mol. The number of halogens is 1. The molecular weight excluding hydrogens is 253 g/mol. The van der Waals surface area contributed by atoms with E-state index in [0.717, 1.165) is 5.56 Å². The van der Waals surface area contributed by atoms with Crippen molar-refractivity contribution in [1.29, 1.82) is 0 Å². The van der Waals surface area contributed by atoms with Crippen molar-refractivity contribution >= 4 is 10.8 Å². The molecule has 3 unspecified atom stereocenters. The molecule has 1 aromatic carbocycles. The van der Waals surface area contributed by atoms with Crippen molar-refractivity contribution in [3.63, 3.8) is 0 Å². The molecule has 102 valence electrons. The Morgan fingerprint density at radius 1 is 1.44 bits per heavy atom. The Morgan fingerprint density at radius 3 is 2.67 bits per heavy atom. The Bertz CT molecular complexity index is 425. The Labute approximate surface area is 110 Å². The third-order valence-corrected chi connectivity index (χ3v) is 3.66. The van der Waals surface area contributed by atoms with Crippen LogP contribution < -0.4 is 10.1 Å². The first-order valence-corrected chi connectivity index (χ1v) is 7.56. The van der Waals surface area contributed by atoms with E-state index in [-0.39, 0.29) is 23.7 Å². The van der Waals surface area contributed by atoms with Gasteiger partial charge in [-0.15, -0.1) is 0 Å². The summed E-state index contributed by atoms with van der Waals surface area (Å²) < 4.78 is 29.4. The maximum absolute atomic E-state index is 13.3. The number of rotatable bonds is 6. The SMILES string of the molecule is COc1cc(C(C)NC(C)CS(C)=O)ccc1F. The van der Waals surface area contributed by atoms with Gasteiger partial charge in [-0.05, 0) is 31.5 Å². The molecule has 0 bridgehead atoms. The highest BCUT2D eigenvalue weighted by molar-refractivity contribution is 7.84. The summed E-state index contributed by atoms with van der Waals surface area (Å²) in [6.45, 7) is 3.97. The maximum Gasteiger partial charge on any atom is 0.165 e. The first-order valence-electron chi connectivity index (χ1n) is 5.83. The minimum atomic E-state index is -0.825. The first kappa shape index (κ1) is 15.1. The molecule has 3 atom stereocenters. The van der Waals surface area contributed by atoms with E-state index in [2.05, 4.69) is 5.32 Å². The fourth-order valence-corrected chi connectivity index (χ4v) is 2.67. The molecule has 0 aliphatic carbocycles. The standard InChI is InChI=1S/C13H20FNO2S/c1-9(8-18(4)16)15-10(2)11-5-6-12(14)13(7-11)17-3/h5-7,9-10,15H,8H2,1-4H3. The molecule has 1 rings (SSSR count). The average Bonchev–Trinajstić information content (AvgIpc) is 2.28. The second kappa shape index (κ2) is 6.85. The molecule has 0 fully saturated rings. The van der Waals surface area contributed by atoms with E-state index in [9.17, 15) is 8.60 Å². The van der Waals surface area contributed by atoms with Crippen LogP contribution in [0, 0.1) is 5.82 Å². The van der Waals surface area contributed by atoms with E-state index < -0.39 is 10.8 Å². The van der Waals surface area contributed by atoms with E-state index in [1.807, 2.05) is 13.8 Å². The van der Waals surface area contributed by atoms with Gasteiger partial charge in [-0.25, -0.2) is 4.39 Å². The van der Waals surface area contributed by atoms with Crippen molar-refractivity contribution in [2.45, 2.75) is 25.9 Å². The van der Waals surface area contributed by atoms with E-state index in [4.69, 9.17) is 4.74 Å². The molecule has 0 amide bonds. The molecule has 1 N–H and O–H groups in total. The molecule has 5 heteroatoms. The van der Waals surface area contributed by atoms with E-state index in [1.165, 1.54) is 13.2 Å². The molecule has 0 saturated carbocycles. The highest BCUT2D eigenvalue weighted by Gasteiger charge is 2.12. The summed E-state index contributed by atoms with van der Waals surface area (Å²) in [6.07, 6.45) is 1.68. The third kappa shape index (κ3) is 4.38. The van der Waals surface area contributed by atoms with Gasteiger partial charge in [-0.2, -0.15) is 0 Å². The van der Waals surface area contributed by atoms with Crippen molar-refractivity contribution in [2.24, 2.45) is 0 Å². The second-order valence-electron chi connectivity index (χ2n) is 4.42. The van der Waals surface area contributed by atoms with Crippen molar-refractivity contribution in [3.05, 3.63) is 29.6 Å². The Hall–Kier alpha value is -0.940. The van der Waals surface area contributed by atoms with Gasteiger partial charge in [-0.3, -0.25) is 4.21 Å². The van der Waals surface area contributed by atoms with Gasteiger partial charge >= 0.3 is 0 Å². The highest BCUT2D eigenvalue weighted by Crippen LogP contribution is 2.22. The second-order valence-corrected chi connectivity index (χ2v) is 5.90. The summed E-state index contributed by atoms with van der Waals surface area (Å²) in [5.41, 5.74) is 0.946. The molecule has 18 heavy (non-hydrogen) atoms. The van der Waals surface area contributed by atoms with E-state index >= 15 is 0 Å². The smallest absolute Gasteiger partial charge is 0.165 e. The van der Waals surface area contributed by atoms with Crippen LogP contribution in [0.4, 0.5) is 4.39 Å². The highest BCUT2D eigenvalue weighted by atomic mass is 32.2. The van der Waals surface area contributed by atoms with Gasteiger partial charge in [0.15, 0.2) is 11.6 Å². The van der Waals surface area contributed by atoms with Crippen LogP contribution in [-0.2, 0) is 10.8 Å². The Morgan fingerprint density at radius 2 is 2.11 bits per heavy atom. The summed E-state index contributed by atoms with van der Waals surface area (Å²) in [5, 5.41) is 3.33. The fraction of sp³-hybridized carbons (Fsp3) is 0.538. The Balaban J connectivity index is 2.71. The van der Waals surface area contributed by atoms with Crippen LogP contribution in [0.2, 0.25) is 0 Å². The summed E-state index contributed by atoms with van der Waals surface area (Å²) >= 11 is 0. The molecule has 0 aliphatic heterocycles. The van der Waals surface area contributed by atoms with Gasteiger partial charge in [-0.1, -0.05) is 6.07 Å². The minimum Gasteiger partial charge on any atom is -0.494 e. The van der Waals surface area contributed by atoms with Gasteiger partial charge in [0.1, 0.15) is 0 Å². The van der Waals surface area contributed by atoms with Gasteiger partial charge in [0.2, 0.25) is 0 Å². The van der Waals surface area contributed by atoms with Gasteiger partial charge < -0.3 is 10.1 Å². The van der Waals surface area contributed by atoms with Crippen LogP contribution in [0.25, 0.3) is 0 Å². The van der Waals surface area contributed by atoms with Gasteiger partial charge in [0.25, 0.3) is 0 Å². The molecule has 1 aromatic rings. The molecule has 0 radical (unpaired) electrons. The zero-order valence-corrected chi connectivity index (χ0v) is 12.0. The molecule has 0 heterocycles. The average molecular weight is 273 g/mol. The lowest BCUT2D eigenvalue weighted by molar-refractivity contribution is 0.384. The Kier molecular flexibility index (Phi) is 5.75. The van der Waals surface area contributed by atoms with Crippen molar-refractivity contribution < 1.29 is 13.3 Å². The number of methoxy groups -OCH3 is 1. The lowest BCUT2D eigenvalue weighted by atomic mass is 10.1. The number of benzene rings is 1. The zero-order valence-electron chi connectivity index (χ0n) is 11.2. The maximum atomic E-state index is 13.3. The molecule has 0 spiro atoms. The molecular formula is C13H20FNO2S. The topological polar surface area (TPSA) is 38.3 Å². The normalized spacial score (nSPS) is 16.1. The monoisotopic (exact) mass is 273 g/mol. The molecule has 3 nitrogen and oxygen atoms in total. The number of ether oxygens (including phenoxy) is 1. The predicted octanol–water partition coefficient (Wildman–Crippen LogP) is 2.25. The van der Waals surface area contributed by atoms with Crippen molar-refractivity contribution in [2.75, 3.05) is 19.1 Å². The summed E-state index contributed by atoms with van der Waals surface area (Å²) in [6, 6.07) is 5.00. The van der Waals surface area contributed by atoms with Crippen LogP contribution in [0.3, 0.4) is 0 Å². The van der Waals surface area contributed by atoms with Crippen LogP contribution in [0.1, 0.15) is 25.5 Å². The lowest BCUT2D eigenvalue weighted by Crippen LogP contribution is -2.33. The minimum absolute atomic E-state index is 0.0537. The lowest BCUT2D eigenvalue weighted by Gasteiger charge is -2.20. The van der Waals surface area contributed by atoms with Gasteiger partial charge in [0.05, 0.1) is 7.11 Å². The van der Waals surface area contributed by atoms with Crippen molar-refractivity contribution in [3.8, 4) is 5.75 Å². The summed E-state index contributed by atoms with van der Waals surface area (Å²) in [5.74, 6) is 0.479. The van der Waals surface area contributed by atoms with Crippen LogP contribution >= 0.6 is 0 Å².